The zero-order valence-electron chi connectivity index (χ0n) is 21.2. The maximum absolute atomic E-state index is 12.0. The van der Waals surface area contributed by atoms with Gasteiger partial charge in [-0.15, -0.1) is 0 Å². The number of carbonyl (C=O) groups is 1. The van der Waals surface area contributed by atoms with Gasteiger partial charge in [0.15, 0.2) is 28.8 Å². The summed E-state index contributed by atoms with van der Waals surface area (Å²) in [5.41, 5.74) is 1.48. The summed E-state index contributed by atoms with van der Waals surface area (Å²) >= 11 is -2.58. The number of methoxy groups -OCH3 is 3. The molecule has 2 aromatic rings. The van der Waals surface area contributed by atoms with Crippen LogP contribution in [0.2, 0.25) is 0 Å². The molecule has 36 heavy (non-hydrogen) atoms. The van der Waals surface area contributed by atoms with Crippen molar-refractivity contribution < 1.29 is 74.7 Å². The summed E-state index contributed by atoms with van der Waals surface area (Å²) in [5.74, 6) is 1.65. The molecule has 3 rings (SSSR count). The van der Waals surface area contributed by atoms with Crippen molar-refractivity contribution in [1.82, 2.24) is 0 Å². The third-order valence-electron chi connectivity index (χ3n) is 5.55. The fourth-order valence-corrected chi connectivity index (χ4v) is 4.50. The normalized spacial score (nSPS) is 17.6. The number of hydrogen-bond acceptors (Lipinski definition) is 9. The Morgan fingerprint density at radius 3 is 1.97 bits per heavy atom. The van der Waals surface area contributed by atoms with Crippen molar-refractivity contribution in [3.8, 4) is 28.7 Å². The molecule has 2 aromatic carbocycles. The van der Waals surface area contributed by atoms with E-state index in [4.69, 9.17) is 28.4 Å². The summed E-state index contributed by atoms with van der Waals surface area (Å²) in [4.78, 5) is 11.5. The molecule has 1 aliphatic heterocycles. The molecule has 3 atom stereocenters. The van der Waals surface area contributed by atoms with Crippen LogP contribution in [0.5, 0.6) is 28.7 Å². The van der Waals surface area contributed by atoms with Crippen LogP contribution in [-0.2, 0) is 53.3 Å². The fraction of sp³-hybridized carbons (Fsp3) is 0.480. The van der Waals surface area contributed by atoms with Gasteiger partial charge in [0.1, 0.15) is 6.61 Å². The molecular formula is C25H31O9SY+2. The van der Waals surface area contributed by atoms with Gasteiger partial charge in [-0.1, -0.05) is 6.92 Å². The molecule has 0 amide bonds. The molecule has 0 N–H and O–H groups in total. The van der Waals surface area contributed by atoms with Crippen molar-refractivity contribution in [3.63, 3.8) is 0 Å². The van der Waals surface area contributed by atoms with Crippen molar-refractivity contribution in [2.24, 2.45) is 0 Å². The Labute approximate surface area is 239 Å². The molecule has 192 valence electrons. The van der Waals surface area contributed by atoms with E-state index in [1.165, 1.54) is 13.0 Å². The van der Waals surface area contributed by atoms with E-state index in [2.05, 4.69) is 0 Å². The van der Waals surface area contributed by atoms with Crippen LogP contribution in [0.3, 0.4) is 0 Å². The van der Waals surface area contributed by atoms with Crippen LogP contribution < -0.4 is 23.7 Å². The summed E-state index contributed by atoms with van der Waals surface area (Å²) in [6.45, 7) is 3.42. The molecule has 3 unspecified atom stereocenters. The van der Waals surface area contributed by atoms with E-state index in [1.807, 2.05) is 19.1 Å². The number of rotatable bonds is 12. The standard InChI is InChI=1S/C25H32O9S.Y/c1-6-9-32-25-22(33-14-15(2)26)12-17(13-23(25)35(27)28)19-8-7-18(34-19)16-10-20(29-3)24(31-5)21(11-16)30-4;/h10-13,18-19H,6-9,14H2,1-5H3,(H,27,28);/q;+3/p-1. The average molecular weight is 596 g/mol. The molecule has 0 aromatic heterocycles. The summed E-state index contributed by atoms with van der Waals surface area (Å²) in [6, 6.07) is 6.91. The largest absolute Gasteiger partial charge is 3.00 e. The first-order valence-electron chi connectivity index (χ1n) is 11.3. The van der Waals surface area contributed by atoms with Crippen LogP contribution in [0.15, 0.2) is 29.2 Å². The van der Waals surface area contributed by atoms with Gasteiger partial charge in [0.2, 0.25) is 5.75 Å². The van der Waals surface area contributed by atoms with Gasteiger partial charge in [0.05, 0.1) is 45.0 Å². The quantitative estimate of drug-likeness (QED) is 0.331. The topological polar surface area (TPSA) is 113 Å². The summed E-state index contributed by atoms with van der Waals surface area (Å²) in [6.07, 6.45) is 1.36. The molecular weight excluding hydrogens is 565 g/mol. The van der Waals surface area contributed by atoms with Crippen molar-refractivity contribution in [2.45, 2.75) is 50.2 Å². The molecule has 1 saturated heterocycles. The third-order valence-corrected chi connectivity index (χ3v) is 6.22. The SMILES string of the molecule is CCCOc1c(OCC(C)=O)cc(C2CCC(c3cc(OC)c(OC)c(OC)c3)O2)cc1S(=O)[O-].[Y+3]. The summed E-state index contributed by atoms with van der Waals surface area (Å²) in [7, 11) is 4.64. The van der Waals surface area contributed by atoms with Crippen LogP contribution in [-0.4, -0.2) is 49.1 Å². The van der Waals surface area contributed by atoms with Gasteiger partial charge in [0, 0.05) is 0 Å². The van der Waals surface area contributed by atoms with Crippen LogP contribution >= 0.6 is 0 Å². The van der Waals surface area contributed by atoms with Gasteiger partial charge < -0.3 is 33.0 Å². The fourth-order valence-electron chi connectivity index (χ4n) is 3.95. The first-order chi connectivity index (χ1) is 16.8. The van der Waals surface area contributed by atoms with Gasteiger partial charge in [0.25, 0.3) is 0 Å². The van der Waals surface area contributed by atoms with Crippen molar-refractivity contribution in [1.29, 1.82) is 0 Å². The minimum Gasteiger partial charge on any atom is -0.768 e. The third kappa shape index (κ3) is 7.19. The Hall–Kier alpha value is -1.72. The second kappa shape index (κ2) is 14.3. The molecule has 1 fully saturated rings. The molecule has 1 heterocycles. The molecule has 11 heteroatoms. The van der Waals surface area contributed by atoms with Gasteiger partial charge >= 0.3 is 32.7 Å². The summed E-state index contributed by atoms with van der Waals surface area (Å²) in [5, 5.41) is 0. The molecule has 9 nitrogen and oxygen atoms in total. The van der Waals surface area contributed by atoms with E-state index < -0.39 is 11.1 Å². The Morgan fingerprint density at radius 2 is 1.50 bits per heavy atom. The van der Waals surface area contributed by atoms with E-state index in [-0.39, 0.29) is 73.7 Å². The second-order valence-corrected chi connectivity index (χ2v) is 8.98. The number of carbonyl (C=O) groups excluding carboxylic acids is 1. The van der Waals surface area contributed by atoms with Gasteiger partial charge in [-0.25, -0.2) is 0 Å². The van der Waals surface area contributed by atoms with E-state index in [0.29, 0.717) is 48.7 Å². The van der Waals surface area contributed by atoms with Gasteiger partial charge in [-0.05, 0) is 72.7 Å². The van der Waals surface area contributed by atoms with E-state index in [0.717, 1.165) is 5.56 Å². The average Bonchev–Trinajstić information content (AvgIpc) is 3.35. The molecule has 0 aliphatic carbocycles. The molecule has 0 saturated carbocycles. The Morgan fingerprint density at radius 1 is 0.944 bits per heavy atom. The summed E-state index contributed by atoms with van der Waals surface area (Å²) < 4.78 is 58.0. The Kier molecular flexibility index (Phi) is 12.1. The smallest absolute Gasteiger partial charge is 0.768 e. The number of ether oxygens (including phenoxy) is 6. The van der Waals surface area contributed by atoms with Crippen LogP contribution in [0.25, 0.3) is 0 Å². The minimum absolute atomic E-state index is 0. The monoisotopic (exact) mass is 596 g/mol. The van der Waals surface area contributed by atoms with E-state index in [1.54, 1.807) is 27.4 Å². The zero-order chi connectivity index (χ0) is 25.5. The van der Waals surface area contributed by atoms with E-state index in [9.17, 15) is 13.6 Å². The number of Topliss-reactive ketones (excluding diaryl/α,β-unsaturated/α-hetero) is 1. The molecule has 1 aliphatic rings. The number of ketones is 1. The number of benzene rings is 2. The molecule has 0 spiro atoms. The Bertz CT molecular complexity index is 1050. The van der Waals surface area contributed by atoms with Crippen molar-refractivity contribution in [2.75, 3.05) is 34.5 Å². The van der Waals surface area contributed by atoms with E-state index >= 15 is 0 Å². The zero-order valence-corrected chi connectivity index (χ0v) is 24.8. The molecule has 0 radical (unpaired) electrons. The van der Waals surface area contributed by atoms with Crippen LogP contribution in [0.1, 0.15) is 56.4 Å². The Balaban J connectivity index is 0.00000456. The minimum atomic E-state index is -2.58. The predicted octanol–water partition coefficient (Wildman–Crippen LogP) is 4.30. The van der Waals surface area contributed by atoms with Gasteiger partial charge in [-0.3, -0.25) is 9.00 Å². The van der Waals surface area contributed by atoms with Gasteiger partial charge in [-0.2, -0.15) is 0 Å². The maximum Gasteiger partial charge on any atom is 3.00 e. The van der Waals surface area contributed by atoms with Crippen LogP contribution in [0, 0.1) is 0 Å². The number of hydrogen-bond donors (Lipinski definition) is 0. The predicted molar refractivity (Wildman–Crippen MR) is 127 cm³/mol. The molecule has 0 bridgehead atoms. The maximum atomic E-state index is 12.0. The van der Waals surface area contributed by atoms with Crippen molar-refractivity contribution in [3.05, 3.63) is 35.4 Å². The first kappa shape index (κ1) is 30.5. The second-order valence-electron chi connectivity index (χ2n) is 8.07. The van der Waals surface area contributed by atoms with Crippen LogP contribution in [0.4, 0.5) is 0 Å². The first-order valence-corrected chi connectivity index (χ1v) is 12.4. The van der Waals surface area contributed by atoms with Crippen molar-refractivity contribution >= 4 is 16.9 Å².